The summed E-state index contributed by atoms with van der Waals surface area (Å²) in [5.74, 6) is 1.50. The summed E-state index contributed by atoms with van der Waals surface area (Å²) in [4.78, 5) is 15.1. The van der Waals surface area contributed by atoms with Crippen LogP contribution in [0.1, 0.15) is 38.2 Å². The van der Waals surface area contributed by atoms with Crippen LogP contribution < -0.4 is 10.1 Å². The fraction of sp³-hybridized carbons (Fsp3) is 0.632. The van der Waals surface area contributed by atoms with Crippen LogP contribution in [0.3, 0.4) is 0 Å². The number of nitrogens with one attached hydrogen (secondary N) is 1. The summed E-state index contributed by atoms with van der Waals surface area (Å²) >= 11 is 0. The number of halogens is 1. The third kappa shape index (κ3) is 4.22. The highest BCUT2D eigenvalue weighted by atomic mass is 35.5. The highest BCUT2D eigenvalue weighted by Crippen LogP contribution is 2.29. The maximum absolute atomic E-state index is 13.0. The Bertz CT molecular complexity index is 552. The first kappa shape index (κ1) is 19.1. The maximum atomic E-state index is 13.0. The van der Waals surface area contributed by atoms with E-state index in [1.165, 1.54) is 5.56 Å². The average Bonchev–Trinajstić information content (AvgIpc) is 3.03. The summed E-state index contributed by atoms with van der Waals surface area (Å²) in [7, 11) is 1.72. The fourth-order valence-corrected chi connectivity index (χ4v) is 4.05. The number of methoxy groups -OCH3 is 1. The minimum atomic E-state index is 0. The standard InChI is InChI=1S/C19H28N2O2.ClH/c1-14-12-16(9-10-20-14)19(22)21-11-5-7-17(21)13-15-6-3-4-8-18(15)23-2;/h3-4,6,8,14,16-17,20H,5,7,9-13H2,1-2H3;1H/t14-,16-,17?;/m0./s1. The summed E-state index contributed by atoms with van der Waals surface area (Å²) in [6.07, 6.45) is 5.06. The minimum absolute atomic E-state index is 0. The zero-order valence-electron chi connectivity index (χ0n) is 14.7. The van der Waals surface area contributed by atoms with Crippen molar-refractivity contribution < 1.29 is 9.53 Å². The molecule has 3 atom stereocenters. The first-order chi connectivity index (χ1) is 11.2. The van der Waals surface area contributed by atoms with Gasteiger partial charge in [-0.25, -0.2) is 0 Å². The Hall–Kier alpha value is -1.26. The van der Waals surface area contributed by atoms with E-state index >= 15 is 0 Å². The second-order valence-electron chi connectivity index (χ2n) is 6.92. The van der Waals surface area contributed by atoms with E-state index in [0.29, 0.717) is 18.0 Å². The number of likely N-dealkylation sites (tertiary alicyclic amines) is 1. The molecule has 1 N–H and O–H groups in total. The van der Waals surface area contributed by atoms with E-state index in [1.54, 1.807) is 7.11 Å². The number of nitrogens with zero attached hydrogens (tertiary/aromatic N) is 1. The molecule has 2 saturated heterocycles. The molecule has 0 spiro atoms. The van der Waals surface area contributed by atoms with Gasteiger partial charge in [-0.15, -0.1) is 12.4 Å². The van der Waals surface area contributed by atoms with Crippen LogP contribution in [0.15, 0.2) is 24.3 Å². The van der Waals surface area contributed by atoms with Gasteiger partial charge in [0.2, 0.25) is 5.91 Å². The van der Waals surface area contributed by atoms with Crippen molar-refractivity contribution in [2.45, 2.75) is 51.1 Å². The molecule has 134 valence electrons. The van der Waals surface area contributed by atoms with Gasteiger partial charge in [-0.2, -0.15) is 0 Å². The average molecular weight is 353 g/mol. The number of hydrogen-bond acceptors (Lipinski definition) is 3. The van der Waals surface area contributed by atoms with Gasteiger partial charge in [-0.1, -0.05) is 18.2 Å². The molecule has 2 aliphatic heterocycles. The van der Waals surface area contributed by atoms with Gasteiger partial charge in [0.15, 0.2) is 0 Å². The number of benzene rings is 1. The van der Waals surface area contributed by atoms with Crippen molar-refractivity contribution in [1.29, 1.82) is 0 Å². The third-order valence-corrected chi connectivity index (χ3v) is 5.28. The van der Waals surface area contributed by atoms with Gasteiger partial charge in [0.1, 0.15) is 5.75 Å². The fourth-order valence-electron chi connectivity index (χ4n) is 4.05. The molecule has 2 fully saturated rings. The highest BCUT2D eigenvalue weighted by molar-refractivity contribution is 5.85. The lowest BCUT2D eigenvalue weighted by Gasteiger charge is -2.33. The maximum Gasteiger partial charge on any atom is 0.226 e. The number of piperidine rings is 1. The van der Waals surface area contributed by atoms with Gasteiger partial charge >= 0.3 is 0 Å². The lowest BCUT2D eigenvalue weighted by atomic mass is 9.91. The molecule has 5 heteroatoms. The molecule has 2 heterocycles. The molecule has 1 unspecified atom stereocenters. The van der Waals surface area contributed by atoms with Gasteiger partial charge in [0.05, 0.1) is 7.11 Å². The van der Waals surface area contributed by atoms with Gasteiger partial charge in [0.25, 0.3) is 0 Å². The van der Waals surface area contributed by atoms with E-state index < -0.39 is 0 Å². The summed E-state index contributed by atoms with van der Waals surface area (Å²) in [5.41, 5.74) is 1.21. The molecule has 1 amide bonds. The van der Waals surface area contributed by atoms with Gasteiger partial charge < -0.3 is 15.0 Å². The molecule has 0 saturated carbocycles. The van der Waals surface area contributed by atoms with E-state index in [1.807, 2.05) is 18.2 Å². The molecule has 3 rings (SSSR count). The van der Waals surface area contributed by atoms with E-state index in [2.05, 4.69) is 23.2 Å². The van der Waals surface area contributed by atoms with Crippen LogP contribution in [0.2, 0.25) is 0 Å². The van der Waals surface area contributed by atoms with Crippen molar-refractivity contribution >= 4 is 18.3 Å². The summed E-state index contributed by atoms with van der Waals surface area (Å²) < 4.78 is 5.47. The first-order valence-corrected chi connectivity index (χ1v) is 8.84. The van der Waals surface area contributed by atoms with Crippen LogP contribution in [-0.2, 0) is 11.2 Å². The van der Waals surface area contributed by atoms with E-state index in [9.17, 15) is 4.79 Å². The Labute approximate surface area is 151 Å². The van der Waals surface area contributed by atoms with Crippen molar-refractivity contribution in [1.82, 2.24) is 10.2 Å². The van der Waals surface area contributed by atoms with Crippen LogP contribution in [0, 0.1) is 5.92 Å². The number of ether oxygens (including phenoxy) is 1. The summed E-state index contributed by atoms with van der Waals surface area (Å²) in [5, 5.41) is 3.44. The minimum Gasteiger partial charge on any atom is -0.496 e. The second-order valence-corrected chi connectivity index (χ2v) is 6.92. The Morgan fingerprint density at radius 2 is 2.12 bits per heavy atom. The SMILES string of the molecule is COc1ccccc1CC1CCCN1C(=O)[C@H]1CCN[C@@H](C)C1.Cl. The Morgan fingerprint density at radius 3 is 2.88 bits per heavy atom. The van der Waals surface area contributed by atoms with Crippen molar-refractivity contribution in [2.75, 3.05) is 20.2 Å². The molecule has 1 aromatic carbocycles. The normalized spacial score (nSPS) is 26.8. The predicted octanol–water partition coefficient (Wildman–Crippen LogP) is 3.04. The third-order valence-electron chi connectivity index (χ3n) is 5.28. The molecule has 0 bridgehead atoms. The van der Waals surface area contributed by atoms with Crippen molar-refractivity contribution in [3.63, 3.8) is 0 Å². The van der Waals surface area contributed by atoms with E-state index in [-0.39, 0.29) is 18.3 Å². The van der Waals surface area contributed by atoms with Gasteiger partial charge in [-0.3, -0.25) is 4.79 Å². The van der Waals surface area contributed by atoms with Gasteiger partial charge in [0, 0.05) is 24.5 Å². The number of carbonyl (C=O) groups excluding carboxylic acids is 1. The van der Waals surface area contributed by atoms with Gasteiger partial charge in [-0.05, 0) is 57.2 Å². The van der Waals surface area contributed by atoms with Crippen LogP contribution in [0.5, 0.6) is 5.75 Å². The Kier molecular flexibility index (Phi) is 6.93. The monoisotopic (exact) mass is 352 g/mol. The lowest BCUT2D eigenvalue weighted by Crippen LogP contribution is -2.46. The highest BCUT2D eigenvalue weighted by Gasteiger charge is 2.35. The van der Waals surface area contributed by atoms with Crippen molar-refractivity contribution in [3.05, 3.63) is 29.8 Å². The Morgan fingerprint density at radius 1 is 1.33 bits per heavy atom. The molecule has 24 heavy (non-hydrogen) atoms. The molecular formula is C19H29ClN2O2. The lowest BCUT2D eigenvalue weighted by molar-refractivity contribution is -0.137. The molecule has 0 aliphatic carbocycles. The van der Waals surface area contributed by atoms with E-state index in [4.69, 9.17) is 4.74 Å². The van der Waals surface area contributed by atoms with E-state index in [0.717, 1.165) is 50.9 Å². The quantitative estimate of drug-likeness (QED) is 0.905. The smallest absolute Gasteiger partial charge is 0.226 e. The van der Waals surface area contributed by atoms with Crippen LogP contribution in [0.25, 0.3) is 0 Å². The predicted molar refractivity (Wildman–Crippen MR) is 98.9 cm³/mol. The Balaban J connectivity index is 0.00000208. The number of para-hydroxylation sites is 1. The molecule has 2 aliphatic rings. The molecular weight excluding hydrogens is 324 g/mol. The summed E-state index contributed by atoms with van der Waals surface area (Å²) in [6.45, 7) is 4.05. The van der Waals surface area contributed by atoms with Crippen molar-refractivity contribution in [3.8, 4) is 5.75 Å². The molecule has 0 radical (unpaired) electrons. The largest absolute Gasteiger partial charge is 0.496 e. The molecule has 0 aromatic heterocycles. The zero-order chi connectivity index (χ0) is 16.2. The first-order valence-electron chi connectivity index (χ1n) is 8.84. The number of hydrogen-bond donors (Lipinski definition) is 1. The number of amides is 1. The van der Waals surface area contributed by atoms with Crippen LogP contribution >= 0.6 is 12.4 Å². The summed E-state index contributed by atoms with van der Waals surface area (Å²) in [6, 6.07) is 8.94. The second kappa shape index (κ2) is 8.72. The molecule has 4 nitrogen and oxygen atoms in total. The number of carbonyl (C=O) groups is 1. The zero-order valence-corrected chi connectivity index (χ0v) is 15.5. The topological polar surface area (TPSA) is 41.6 Å². The molecule has 1 aromatic rings. The van der Waals surface area contributed by atoms with Crippen LogP contribution in [-0.4, -0.2) is 43.1 Å². The van der Waals surface area contributed by atoms with Crippen molar-refractivity contribution in [2.24, 2.45) is 5.92 Å². The van der Waals surface area contributed by atoms with Crippen LogP contribution in [0.4, 0.5) is 0 Å². The number of rotatable bonds is 4.